The minimum absolute atomic E-state index is 0.00207. The summed E-state index contributed by atoms with van der Waals surface area (Å²) in [5.41, 5.74) is 0. The fourth-order valence-electron chi connectivity index (χ4n) is 1.83. The predicted molar refractivity (Wildman–Crippen MR) is 87.7 cm³/mol. The highest BCUT2D eigenvalue weighted by Crippen LogP contribution is 2.05. The van der Waals surface area contributed by atoms with Gasteiger partial charge < -0.3 is 19.3 Å². The van der Waals surface area contributed by atoms with Crippen molar-refractivity contribution in [3.05, 3.63) is 0 Å². The quantitative estimate of drug-likeness (QED) is 0.285. The fourth-order valence-corrected chi connectivity index (χ4v) is 1.83. The van der Waals surface area contributed by atoms with E-state index < -0.39 is 30.0 Å². The molecule has 0 bridgehead atoms. The molecule has 144 valence electrons. The van der Waals surface area contributed by atoms with Gasteiger partial charge >= 0.3 is 23.9 Å². The topological polar surface area (TPSA) is 116 Å². The Bertz CT molecular complexity index is 432. The zero-order valence-corrected chi connectivity index (χ0v) is 15.0. The van der Waals surface area contributed by atoms with E-state index >= 15 is 0 Å². The van der Waals surface area contributed by atoms with Crippen molar-refractivity contribution in [2.24, 2.45) is 0 Å². The van der Waals surface area contributed by atoms with Crippen LogP contribution < -0.4 is 0 Å². The molecule has 0 aliphatic rings. The van der Waals surface area contributed by atoms with Crippen LogP contribution >= 0.6 is 0 Å². The lowest BCUT2D eigenvalue weighted by Crippen LogP contribution is -2.30. The predicted octanol–water partition coefficient (Wildman–Crippen LogP) is 2.23. The van der Waals surface area contributed by atoms with E-state index in [9.17, 15) is 19.2 Å². The Balaban J connectivity index is 4.26. The molecule has 0 saturated heterocycles. The highest BCUT2D eigenvalue weighted by molar-refractivity contribution is 5.71. The van der Waals surface area contributed by atoms with Gasteiger partial charge in [0.1, 0.15) is 13.2 Å². The van der Waals surface area contributed by atoms with Gasteiger partial charge in [0.05, 0.1) is 0 Å². The number of hydrogen-bond donors (Lipinski definition) is 1. The van der Waals surface area contributed by atoms with E-state index in [1.165, 1.54) is 0 Å². The third-order valence-corrected chi connectivity index (χ3v) is 3.09. The largest absolute Gasteiger partial charge is 0.481 e. The molecule has 0 aromatic heterocycles. The number of rotatable bonds is 14. The van der Waals surface area contributed by atoms with Crippen LogP contribution in [0.1, 0.15) is 65.2 Å². The standard InChI is InChI=1S/C17H28O8/c1-3-7-15(20)23-11-13(25-17(22)8-4-2)12-24-16(21)10-6-5-9-14(18)19/h13H,3-12H2,1-2H3,(H,18,19). The van der Waals surface area contributed by atoms with Crippen molar-refractivity contribution in [3.8, 4) is 0 Å². The molecule has 0 aromatic carbocycles. The van der Waals surface area contributed by atoms with Crippen molar-refractivity contribution < 1.29 is 38.5 Å². The van der Waals surface area contributed by atoms with Gasteiger partial charge in [0, 0.05) is 25.7 Å². The average Bonchev–Trinajstić information content (AvgIpc) is 2.54. The minimum Gasteiger partial charge on any atom is -0.481 e. The summed E-state index contributed by atoms with van der Waals surface area (Å²) in [6.07, 6.45) is 1.76. The van der Waals surface area contributed by atoms with Crippen LogP contribution in [0, 0.1) is 0 Å². The zero-order chi connectivity index (χ0) is 19.1. The van der Waals surface area contributed by atoms with Crippen LogP contribution in [-0.4, -0.2) is 48.3 Å². The summed E-state index contributed by atoms with van der Waals surface area (Å²) in [7, 11) is 0. The van der Waals surface area contributed by atoms with Crippen molar-refractivity contribution in [1.82, 2.24) is 0 Å². The number of esters is 3. The Kier molecular flexibility index (Phi) is 13.0. The number of carboxylic acids is 1. The maximum absolute atomic E-state index is 11.6. The summed E-state index contributed by atoms with van der Waals surface area (Å²) < 4.78 is 15.2. The van der Waals surface area contributed by atoms with E-state index in [0.29, 0.717) is 25.7 Å². The maximum Gasteiger partial charge on any atom is 0.306 e. The molecule has 0 aliphatic carbocycles. The van der Waals surface area contributed by atoms with Crippen LogP contribution in [0.3, 0.4) is 0 Å². The lowest BCUT2D eigenvalue weighted by atomic mass is 10.2. The number of hydrogen-bond acceptors (Lipinski definition) is 7. The van der Waals surface area contributed by atoms with Crippen molar-refractivity contribution in [1.29, 1.82) is 0 Å². The van der Waals surface area contributed by atoms with E-state index in [0.717, 1.165) is 0 Å². The Labute approximate surface area is 147 Å². The van der Waals surface area contributed by atoms with E-state index in [1.807, 2.05) is 13.8 Å². The number of unbranched alkanes of at least 4 members (excludes halogenated alkanes) is 1. The van der Waals surface area contributed by atoms with E-state index in [2.05, 4.69) is 0 Å². The van der Waals surface area contributed by atoms with E-state index in [-0.39, 0.29) is 38.9 Å². The highest BCUT2D eigenvalue weighted by atomic mass is 16.6. The molecule has 0 saturated carbocycles. The fraction of sp³-hybridized carbons (Fsp3) is 0.765. The van der Waals surface area contributed by atoms with Crippen LogP contribution in [0.2, 0.25) is 0 Å². The lowest BCUT2D eigenvalue weighted by molar-refractivity contribution is -0.166. The average molecular weight is 360 g/mol. The van der Waals surface area contributed by atoms with Crippen molar-refractivity contribution in [2.75, 3.05) is 13.2 Å². The van der Waals surface area contributed by atoms with Crippen LogP contribution in [0.25, 0.3) is 0 Å². The first kappa shape index (κ1) is 22.9. The molecule has 1 atom stereocenters. The molecular weight excluding hydrogens is 332 g/mol. The number of ether oxygens (including phenoxy) is 3. The second-order valence-electron chi connectivity index (χ2n) is 5.58. The summed E-state index contributed by atoms with van der Waals surface area (Å²) in [6, 6.07) is 0. The summed E-state index contributed by atoms with van der Waals surface area (Å²) in [6.45, 7) is 3.30. The summed E-state index contributed by atoms with van der Waals surface area (Å²) in [5, 5.41) is 8.52. The van der Waals surface area contributed by atoms with Gasteiger partial charge in [0.15, 0.2) is 6.10 Å². The highest BCUT2D eigenvalue weighted by Gasteiger charge is 2.19. The second-order valence-corrected chi connectivity index (χ2v) is 5.58. The van der Waals surface area contributed by atoms with Crippen molar-refractivity contribution in [2.45, 2.75) is 71.3 Å². The van der Waals surface area contributed by atoms with Crippen LogP contribution in [0.15, 0.2) is 0 Å². The minimum atomic E-state index is -0.912. The first-order valence-corrected chi connectivity index (χ1v) is 8.61. The van der Waals surface area contributed by atoms with Crippen LogP contribution in [-0.2, 0) is 33.4 Å². The maximum atomic E-state index is 11.6. The summed E-state index contributed by atoms with van der Waals surface area (Å²) in [4.78, 5) is 45.0. The molecule has 0 fully saturated rings. The van der Waals surface area contributed by atoms with Gasteiger partial charge in [-0.05, 0) is 25.7 Å². The van der Waals surface area contributed by atoms with Crippen molar-refractivity contribution >= 4 is 23.9 Å². The molecule has 25 heavy (non-hydrogen) atoms. The SMILES string of the molecule is CCCC(=O)OCC(COC(=O)CCCCC(=O)O)OC(=O)CCC. The van der Waals surface area contributed by atoms with Crippen LogP contribution in [0.5, 0.6) is 0 Å². The first-order valence-electron chi connectivity index (χ1n) is 8.61. The monoisotopic (exact) mass is 360 g/mol. The number of carboxylic acid groups (broad SMARTS) is 1. The molecule has 0 rings (SSSR count). The molecule has 0 spiro atoms. The number of carbonyl (C=O) groups is 4. The van der Waals surface area contributed by atoms with E-state index in [1.54, 1.807) is 0 Å². The van der Waals surface area contributed by atoms with Gasteiger partial charge in [-0.15, -0.1) is 0 Å². The van der Waals surface area contributed by atoms with Gasteiger partial charge in [-0.25, -0.2) is 0 Å². The lowest BCUT2D eigenvalue weighted by Gasteiger charge is -2.18. The molecule has 0 aliphatic heterocycles. The van der Waals surface area contributed by atoms with Crippen LogP contribution in [0.4, 0.5) is 0 Å². The molecular formula is C17H28O8. The second kappa shape index (κ2) is 14.2. The molecule has 1 unspecified atom stereocenters. The Morgan fingerprint density at radius 2 is 1.24 bits per heavy atom. The molecule has 0 aromatic rings. The van der Waals surface area contributed by atoms with Gasteiger partial charge in [-0.1, -0.05) is 13.8 Å². The summed E-state index contributed by atoms with van der Waals surface area (Å²) in [5.74, 6) is -2.28. The number of aliphatic carboxylic acids is 1. The smallest absolute Gasteiger partial charge is 0.306 e. The molecule has 8 nitrogen and oxygen atoms in total. The Morgan fingerprint density at radius 3 is 1.76 bits per heavy atom. The first-order chi connectivity index (χ1) is 11.9. The zero-order valence-electron chi connectivity index (χ0n) is 15.0. The van der Waals surface area contributed by atoms with Gasteiger partial charge in [0.25, 0.3) is 0 Å². The molecule has 1 N–H and O–H groups in total. The molecule has 8 heteroatoms. The molecule has 0 heterocycles. The van der Waals surface area contributed by atoms with Crippen molar-refractivity contribution in [3.63, 3.8) is 0 Å². The van der Waals surface area contributed by atoms with Gasteiger partial charge in [-0.3, -0.25) is 19.2 Å². The number of carbonyl (C=O) groups excluding carboxylic acids is 3. The normalized spacial score (nSPS) is 11.4. The van der Waals surface area contributed by atoms with Gasteiger partial charge in [-0.2, -0.15) is 0 Å². The van der Waals surface area contributed by atoms with Gasteiger partial charge in [0.2, 0.25) is 0 Å². The molecule has 0 radical (unpaired) electrons. The molecule has 0 amide bonds. The third-order valence-electron chi connectivity index (χ3n) is 3.09. The third kappa shape index (κ3) is 14.0. The summed E-state index contributed by atoms with van der Waals surface area (Å²) >= 11 is 0. The Hall–Kier alpha value is -2.12. The Morgan fingerprint density at radius 1 is 0.760 bits per heavy atom. The van der Waals surface area contributed by atoms with E-state index in [4.69, 9.17) is 19.3 Å².